The molecule has 1 saturated heterocycles. The summed E-state index contributed by atoms with van der Waals surface area (Å²) in [5, 5.41) is 3.01. The van der Waals surface area contributed by atoms with Gasteiger partial charge in [0.15, 0.2) is 0 Å². The number of hydrogen-bond donors (Lipinski definition) is 2. The predicted molar refractivity (Wildman–Crippen MR) is 104 cm³/mol. The Bertz CT molecular complexity index is 803. The molecule has 2 aliphatic rings. The monoisotopic (exact) mass is 415 g/mol. The summed E-state index contributed by atoms with van der Waals surface area (Å²) in [6.07, 6.45) is 1.65. The fraction of sp³-hybridized carbons (Fsp3) is 0.611. The third kappa shape index (κ3) is 5.20. The van der Waals surface area contributed by atoms with Gasteiger partial charge in [-0.1, -0.05) is 11.6 Å². The van der Waals surface area contributed by atoms with Crippen LogP contribution in [0.15, 0.2) is 23.1 Å². The molecule has 2 N–H and O–H groups in total. The van der Waals surface area contributed by atoms with Crippen molar-refractivity contribution < 1.29 is 17.9 Å². The van der Waals surface area contributed by atoms with E-state index in [1.54, 1.807) is 0 Å². The molecule has 1 aliphatic heterocycles. The fourth-order valence-electron chi connectivity index (χ4n) is 3.01. The Morgan fingerprint density at radius 2 is 1.96 bits per heavy atom. The topological polar surface area (TPSA) is 87.7 Å². The van der Waals surface area contributed by atoms with Gasteiger partial charge in [0.2, 0.25) is 10.0 Å². The molecule has 0 bridgehead atoms. The van der Waals surface area contributed by atoms with Crippen LogP contribution in [0.2, 0.25) is 5.02 Å². The molecule has 1 aliphatic carbocycles. The second kappa shape index (κ2) is 8.05. The molecule has 2 fully saturated rings. The zero-order valence-electron chi connectivity index (χ0n) is 15.6. The summed E-state index contributed by atoms with van der Waals surface area (Å²) in [4.78, 5) is 14.8. The van der Waals surface area contributed by atoms with Crippen molar-refractivity contribution in [3.8, 4) is 0 Å². The quantitative estimate of drug-likeness (QED) is 0.706. The highest BCUT2D eigenvalue weighted by molar-refractivity contribution is 7.89. The van der Waals surface area contributed by atoms with Gasteiger partial charge in [-0.3, -0.25) is 9.69 Å². The third-order valence-electron chi connectivity index (χ3n) is 4.93. The average Bonchev–Trinajstić information content (AvgIpc) is 3.44. The number of nitrogens with zero attached hydrogens (tertiary/aromatic N) is 1. The highest BCUT2D eigenvalue weighted by Crippen LogP contribution is 2.27. The lowest BCUT2D eigenvalue weighted by Crippen LogP contribution is -2.55. The molecule has 0 radical (unpaired) electrons. The standard InChI is InChI=1S/C18H26ClN3O4S/c1-18(2,22-7-9-26-10-8-22)12-20-17(23)13-3-6-15(19)16(11-13)27(24,25)21-14-4-5-14/h3,6,11,14,21H,4-5,7-10,12H2,1-2H3,(H,20,23). The predicted octanol–water partition coefficient (Wildman–Crippen LogP) is 1.62. The van der Waals surface area contributed by atoms with E-state index in [0.717, 1.165) is 25.9 Å². The van der Waals surface area contributed by atoms with Crippen LogP contribution in [0.5, 0.6) is 0 Å². The SMILES string of the molecule is CC(C)(CNC(=O)c1ccc(Cl)c(S(=O)(=O)NC2CC2)c1)N1CCOCC1. The van der Waals surface area contributed by atoms with E-state index in [-0.39, 0.29) is 33.0 Å². The molecule has 0 unspecified atom stereocenters. The number of nitrogens with one attached hydrogen (secondary N) is 2. The summed E-state index contributed by atoms with van der Waals surface area (Å²) in [7, 11) is -3.73. The third-order valence-corrected chi connectivity index (χ3v) is 6.93. The Hall–Kier alpha value is -1.19. The number of sulfonamides is 1. The van der Waals surface area contributed by atoms with Crippen LogP contribution >= 0.6 is 11.6 Å². The van der Waals surface area contributed by atoms with Crippen molar-refractivity contribution in [3.05, 3.63) is 28.8 Å². The number of halogens is 1. The van der Waals surface area contributed by atoms with E-state index in [2.05, 4.69) is 28.8 Å². The smallest absolute Gasteiger partial charge is 0.251 e. The van der Waals surface area contributed by atoms with Gasteiger partial charge in [0, 0.05) is 36.8 Å². The lowest BCUT2D eigenvalue weighted by atomic mass is 10.0. The van der Waals surface area contributed by atoms with E-state index < -0.39 is 10.0 Å². The van der Waals surface area contributed by atoms with Gasteiger partial charge in [-0.2, -0.15) is 0 Å². The van der Waals surface area contributed by atoms with Crippen LogP contribution < -0.4 is 10.0 Å². The molecule has 3 rings (SSSR count). The maximum absolute atomic E-state index is 12.6. The minimum Gasteiger partial charge on any atom is -0.379 e. The molecule has 1 heterocycles. The molecule has 150 valence electrons. The van der Waals surface area contributed by atoms with Crippen molar-refractivity contribution in [1.29, 1.82) is 0 Å². The zero-order chi connectivity index (χ0) is 19.7. The minimum atomic E-state index is -3.73. The van der Waals surface area contributed by atoms with Gasteiger partial charge in [-0.15, -0.1) is 0 Å². The normalized spacial score (nSPS) is 19.1. The minimum absolute atomic E-state index is 0.0297. The molecule has 1 aromatic carbocycles. The van der Waals surface area contributed by atoms with Gasteiger partial charge in [-0.25, -0.2) is 13.1 Å². The Balaban J connectivity index is 1.68. The molecule has 0 spiro atoms. The van der Waals surface area contributed by atoms with Crippen molar-refractivity contribution in [1.82, 2.24) is 14.9 Å². The first-order chi connectivity index (χ1) is 12.7. The summed E-state index contributed by atoms with van der Waals surface area (Å²) >= 11 is 6.07. The second-order valence-electron chi connectivity index (χ2n) is 7.64. The number of rotatable bonds is 7. The molecule has 27 heavy (non-hydrogen) atoms. The molecule has 0 aromatic heterocycles. The van der Waals surface area contributed by atoms with Gasteiger partial charge >= 0.3 is 0 Å². The number of ether oxygens (including phenoxy) is 1. The van der Waals surface area contributed by atoms with E-state index in [1.165, 1.54) is 18.2 Å². The summed E-state index contributed by atoms with van der Waals surface area (Å²) < 4.78 is 32.9. The van der Waals surface area contributed by atoms with Crippen LogP contribution in [-0.2, 0) is 14.8 Å². The van der Waals surface area contributed by atoms with Crippen molar-refractivity contribution >= 4 is 27.5 Å². The van der Waals surface area contributed by atoms with E-state index in [9.17, 15) is 13.2 Å². The van der Waals surface area contributed by atoms with Crippen molar-refractivity contribution in [2.24, 2.45) is 0 Å². The maximum atomic E-state index is 12.6. The van der Waals surface area contributed by atoms with E-state index in [0.29, 0.717) is 19.8 Å². The van der Waals surface area contributed by atoms with Gasteiger partial charge in [0.1, 0.15) is 4.90 Å². The molecule has 9 heteroatoms. The number of carbonyl (C=O) groups is 1. The number of carbonyl (C=O) groups excluding carboxylic acids is 1. The highest BCUT2D eigenvalue weighted by atomic mass is 35.5. The first-order valence-corrected chi connectivity index (χ1v) is 11.0. The molecular weight excluding hydrogens is 390 g/mol. The lowest BCUT2D eigenvalue weighted by Gasteiger charge is -2.40. The first kappa shape index (κ1) is 20.5. The van der Waals surface area contributed by atoms with Crippen molar-refractivity contribution in [3.63, 3.8) is 0 Å². The van der Waals surface area contributed by atoms with Crippen molar-refractivity contribution in [2.45, 2.75) is 43.2 Å². The van der Waals surface area contributed by atoms with Gasteiger partial charge in [0.25, 0.3) is 5.91 Å². The lowest BCUT2D eigenvalue weighted by molar-refractivity contribution is -0.00923. The molecule has 0 atom stereocenters. The van der Waals surface area contributed by atoms with Gasteiger partial charge in [0.05, 0.1) is 18.2 Å². The fourth-order valence-corrected chi connectivity index (χ4v) is 4.84. The Kier molecular flexibility index (Phi) is 6.12. The van der Waals surface area contributed by atoms with Crippen LogP contribution in [0.4, 0.5) is 0 Å². The number of amides is 1. The number of benzene rings is 1. The highest BCUT2D eigenvalue weighted by Gasteiger charge is 2.31. The molecule has 1 amide bonds. The number of hydrogen-bond acceptors (Lipinski definition) is 5. The Morgan fingerprint density at radius 3 is 2.59 bits per heavy atom. The maximum Gasteiger partial charge on any atom is 0.251 e. The van der Waals surface area contributed by atoms with Crippen molar-refractivity contribution in [2.75, 3.05) is 32.8 Å². The summed E-state index contributed by atoms with van der Waals surface area (Å²) in [6, 6.07) is 4.29. The Morgan fingerprint density at radius 1 is 1.30 bits per heavy atom. The van der Waals surface area contributed by atoms with Crippen LogP contribution in [0, 0.1) is 0 Å². The van der Waals surface area contributed by atoms with E-state index in [1.807, 2.05) is 0 Å². The summed E-state index contributed by atoms with van der Waals surface area (Å²) in [5.74, 6) is -0.323. The second-order valence-corrected chi connectivity index (χ2v) is 9.72. The van der Waals surface area contributed by atoms with Crippen LogP contribution in [-0.4, -0.2) is 63.7 Å². The first-order valence-electron chi connectivity index (χ1n) is 9.12. The summed E-state index contributed by atoms with van der Waals surface area (Å²) in [6.45, 7) is 7.58. The van der Waals surface area contributed by atoms with Crippen LogP contribution in [0.25, 0.3) is 0 Å². The van der Waals surface area contributed by atoms with E-state index >= 15 is 0 Å². The molecular formula is C18H26ClN3O4S. The molecule has 1 saturated carbocycles. The zero-order valence-corrected chi connectivity index (χ0v) is 17.2. The average molecular weight is 416 g/mol. The Labute approximate surface area is 165 Å². The summed E-state index contributed by atoms with van der Waals surface area (Å²) in [5.41, 5.74) is 0.0437. The number of morpholine rings is 1. The van der Waals surface area contributed by atoms with Gasteiger partial charge in [-0.05, 0) is 44.9 Å². The van der Waals surface area contributed by atoms with E-state index in [4.69, 9.17) is 16.3 Å². The van der Waals surface area contributed by atoms with Crippen LogP contribution in [0.3, 0.4) is 0 Å². The van der Waals surface area contributed by atoms with Gasteiger partial charge < -0.3 is 10.1 Å². The molecule has 1 aromatic rings. The van der Waals surface area contributed by atoms with Crippen LogP contribution in [0.1, 0.15) is 37.0 Å². The largest absolute Gasteiger partial charge is 0.379 e. The molecule has 7 nitrogen and oxygen atoms in total.